The predicted molar refractivity (Wildman–Crippen MR) is 161 cm³/mol. The van der Waals surface area contributed by atoms with Crippen molar-refractivity contribution >= 4 is 17.8 Å². The van der Waals surface area contributed by atoms with E-state index in [9.17, 15) is 9.59 Å². The van der Waals surface area contributed by atoms with Gasteiger partial charge in [0.25, 0.3) is 11.8 Å². The number of hydrogen-bond acceptors (Lipinski definition) is 9. The maximum atomic E-state index is 14.3. The van der Waals surface area contributed by atoms with Crippen molar-refractivity contribution in [3.05, 3.63) is 70.5 Å². The van der Waals surface area contributed by atoms with Gasteiger partial charge in [0.1, 0.15) is 5.75 Å². The Balaban J connectivity index is 1.38. The fraction of sp³-hybridized carbons (Fsp3) is 0.438. The molecule has 2 amide bonds. The van der Waals surface area contributed by atoms with E-state index in [2.05, 4.69) is 27.1 Å². The van der Waals surface area contributed by atoms with Crippen LogP contribution in [0.3, 0.4) is 0 Å². The Bertz CT molecular complexity index is 1510. The van der Waals surface area contributed by atoms with Crippen LogP contribution in [0.15, 0.2) is 42.6 Å². The van der Waals surface area contributed by atoms with Gasteiger partial charge in [0.15, 0.2) is 18.1 Å². The number of carbonyl (C=O) groups is 2. The van der Waals surface area contributed by atoms with Gasteiger partial charge in [-0.1, -0.05) is 12.1 Å². The molecule has 1 fully saturated rings. The van der Waals surface area contributed by atoms with Crippen molar-refractivity contribution in [2.75, 3.05) is 71.5 Å². The summed E-state index contributed by atoms with van der Waals surface area (Å²) in [5.74, 6) is 2.03. The third-order valence-electron chi connectivity index (χ3n) is 8.34. The highest BCUT2D eigenvalue weighted by molar-refractivity contribution is 5.96. The highest BCUT2D eigenvalue weighted by Gasteiger charge is 2.35. The number of rotatable bonds is 3. The minimum Gasteiger partial charge on any atom is -0.494 e. The van der Waals surface area contributed by atoms with E-state index in [0.717, 1.165) is 42.9 Å². The number of carbonyl (C=O) groups excluding carboxylic acids is 2. The molecular formula is C32H38N6O5. The lowest BCUT2D eigenvalue weighted by Gasteiger charge is -2.38. The van der Waals surface area contributed by atoms with Crippen LogP contribution in [0.25, 0.3) is 0 Å². The Hall–Kier alpha value is -4.38. The Labute approximate surface area is 251 Å². The average Bonchev–Trinajstić information content (AvgIpc) is 3.02. The summed E-state index contributed by atoms with van der Waals surface area (Å²) in [6.07, 6.45) is 2.93. The van der Waals surface area contributed by atoms with Crippen LogP contribution in [-0.2, 0) is 11.2 Å². The number of nitrogens with zero attached hydrogens (tertiary/aromatic N) is 5. The second-order valence-corrected chi connectivity index (χ2v) is 11.2. The third-order valence-corrected chi connectivity index (χ3v) is 8.34. The first-order chi connectivity index (χ1) is 20.9. The van der Waals surface area contributed by atoms with Gasteiger partial charge in [-0.15, -0.1) is 0 Å². The second kappa shape index (κ2) is 12.5. The second-order valence-electron chi connectivity index (χ2n) is 11.2. The van der Waals surface area contributed by atoms with Crippen molar-refractivity contribution in [1.82, 2.24) is 25.1 Å². The Morgan fingerprint density at radius 2 is 1.93 bits per heavy atom. The summed E-state index contributed by atoms with van der Waals surface area (Å²) in [5.41, 5.74) is 4.03. The fourth-order valence-corrected chi connectivity index (χ4v) is 5.91. The lowest BCUT2D eigenvalue weighted by Crippen LogP contribution is -2.45. The quantitative estimate of drug-likeness (QED) is 0.495. The first-order valence-corrected chi connectivity index (χ1v) is 14.8. The van der Waals surface area contributed by atoms with Crippen molar-refractivity contribution in [3.8, 4) is 17.2 Å². The summed E-state index contributed by atoms with van der Waals surface area (Å²) in [6, 6.07) is 11.3. The fourth-order valence-electron chi connectivity index (χ4n) is 5.91. The van der Waals surface area contributed by atoms with E-state index in [4.69, 9.17) is 19.2 Å². The molecule has 43 heavy (non-hydrogen) atoms. The average molecular weight is 587 g/mol. The number of hydrogen-bond donors (Lipinski definition) is 1. The van der Waals surface area contributed by atoms with Crippen LogP contribution in [0.2, 0.25) is 0 Å². The minimum absolute atomic E-state index is 0.119. The molecule has 0 radical (unpaired) electrons. The zero-order chi connectivity index (χ0) is 29.9. The number of ether oxygens (including phenoxy) is 3. The smallest absolute Gasteiger partial charge is 0.258 e. The summed E-state index contributed by atoms with van der Waals surface area (Å²) in [6.45, 7) is 6.76. The Morgan fingerprint density at radius 3 is 2.72 bits per heavy atom. The predicted octanol–water partition coefficient (Wildman–Crippen LogP) is 2.61. The number of benzene rings is 2. The van der Waals surface area contributed by atoms with Gasteiger partial charge in [-0.05, 0) is 67.8 Å². The molecule has 6 bridgehead atoms. The summed E-state index contributed by atoms with van der Waals surface area (Å²) < 4.78 is 17.6. The van der Waals surface area contributed by atoms with Gasteiger partial charge in [-0.25, -0.2) is 9.97 Å². The van der Waals surface area contributed by atoms with Gasteiger partial charge in [0, 0.05) is 45.5 Å². The van der Waals surface area contributed by atoms with Gasteiger partial charge in [-0.2, -0.15) is 0 Å². The molecule has 1 atom stereocenters. The molecule has 1 unspecified atom stereocenters. The monoisotopic (exact) mass is 586 g/mol. The van der Waals surface area contributed by atoms with E-state index in [0.29, 0.717) is 67.0 Å². The van der Waals surface area contributed by atoms with Crippen molar-refractivity contribution < 1.29 is 23.8 Å². The van der Waals surface area contributed by atoms with Crippen LogP contribution in [0.5, 0.6) is 17.2 Å². The van der Waals surface area contributed by atoms with Gasteiger partial charge in [0.2, 0.25) is 5.95 Å². The topological polar surface area (TPSA) is 109 Å². The van der Waals surface area contributed by atoms with Gasteiger partial charge < -0.3 is 34.2 Å². The lowest BCUT2D eigenvalue weighted by molar-refractivity contribution is -0.123. The molecule has 7 rings (SSSR count). The van der Waals surface area contributed by atoms with E-state index in [1.807, 2.05) is 48.2 Å². The highest BCUT2D eigenvalue weighted by Crippen LogP contribution is 2.42. The SMILES string of the molecule is COc1cc2c3cc1OCC(=O)NCCCOc1cccc(c1)C2N(C(=O)c1cnc(N2CCN(C)CC2)nc1C)CC3. The molecule has 226 valence electrons. The molecule has 1 aromatic heterocycles. The van der Waals surface area contributed by atoms with Crippen LogP contribution in [-0.4, -0.2) is 98.2 Å². The van der Waals surface area contributed by atoms with Crippen molar-refractivity contribution in [1.29, 1.82) is 0 Å². The molecule has 11 nitrogen and oxygen atoms in total. The molecule has 2 aromatic carbocycles. The standard InChI is InChI=1S/C32H38N6O5/c1-21-26(19-34-32(35-21)37-13-11-36(2)12-14-37)31(40)38-10-8-22-17-28-27(41-3)18-25(22)30(38)23-6-4-7-24(16-23)42-15-5-9-33-29(39)20-43-28/h4,6-7,16-19,30H,5,8-15,20H2,1-3H3,(H,33,39). The Kier molecular flexibility index (Phi) is 8.33. The maximum Gasteiger partial charge on any atom is 0.258 e. The van der Waals surface area contributed by atoms with Crippen molar-refractivity contribution in [2.45, 2.75) is 25.8 Å². The van der Waals surface area contributed by atoms with E-state index in [-0.39, 0.29) is 18.4 Å². The highest BCUT2D eigenvalue weighted by atomic mass is 16.5. The zero-order valence-corrected chi connectivity index (χ0v) is 25.0. The van der Waals surface area contributed by atoms with Crippen molar-refractivity contribution in [2.24, 2.45) is 0 Å². The molecule has 5 heterocycles. The van der Waals surface area contributed by atoms with E-state index < -0.39 is 6.04 Å². The summed E-state index contributed by atoms with van der Waals surface area (Å²) in [7, 11) is 3.69. The maximum absolute atomic E-state index is 14.3. The number of aromatic nitrogens is 2. The number of nitrogens with one attached hydrogen (secondary N) is 1. The molecule has 1 saturated heterocycles. The number of piperazine rings is 1. The van der Waals surface area contributed by atoms with Gasteiger partial charge in [0.05, 0.1) is 31.0 Å². The van der Waals surface area contributed by atoms with Crippen LogP contribution in [0, 0.1) is 6.92 Å². The van der Waals surface area contributed by atoms with Crippen LogP contribution >= 0.6 is 0 Å². The lowest BCUT2D eigenvalue weighted by atomic mass is 9.87. The van der Waals surface area contributed by atoms with Crippen molar-refractivity contribution in [3.63, 3.8) is 0 Å². The van der Waals surface area contributed by atoms with Gasteiger partial charge in [-0.3, -0.25) is 9.59 Å². The molecule has 4 aliphatic heterocycles. The molecule has 0 spiro atoms. The molecular weight excluding hydrogens is 548 g/mol. The normalized spacial score (nSPS) is 19.3. The zero-order valence-electron chi connectivity index (χ0n) is 25.0. The number of anilines is 1. The number of likely N-dealkylation sites (N-methyl/N-ethyl adjacent to an activating group) is 1. The summed E-state index contributed by atoms with van der Waals surface area (Å²) >= 11 is 0. The molecule has 3 aromatic rings. The molecule has 0 aliphatic carbocycles. The first kappa shape index (κ1) is 28.7. The van der Waals surface area contributed by atoms with E-state index >= 15 is 0 Å². The third kappa shape index (κ3) is 6.08. The number of amides is 2. The molecule has 4 aliphatic rings. The van der Waals surface area contributed by atoms with Crippen LogP contribution in [0.1, 0.15) is 45.2 Å². The van der Waals surface area contributed by atoms with E-state index in [1.54, 1.807) is 13.3 Å². The Morgan fingerprint density at radius 1 is 1.09 bits per heavy atom. The minimum atomic E-state index is -0.407. The number of aryl methyl sites for hydroxylation is 1. The number of methoxy groups -OCH3 is 1. The summed E-state index contributed by atoms with van der Waals surface area (Å²) in [4.78, 5) is 42.4. The first-order valence-electron chi connectivity index (χ1n) is 14.8. The van der Waals surface area contributed by atoms with Gasteiger partial charge >= 0.3 is 0 Å². The number of fused-ring (bicyclic) bond motifs is 8. The molecule has 11 heteroatoms. The van der Waals surface area contributed by atoms with E-state index in [1.165, 1.54) is 0 Å². The summed E-state index contributed by atoms with van der Waals surface area (Å²) in [5, 5.41) is 2.86. The van der Waals surface area contributed by atoms with Crippen LogP contribution < -0.4 is 24.4 Å². The molecule has 1 N–H and O–H groups in total. The largest absolute Gasteiger partial charge is 0.494 e. The van der Waals surface area contributed by atoms with Crippen LogP contribution in [0.4, 0.5) is 5.95 Å². The molecule has 0 saturated carbocycles.